The summed E-state index contributed by atoms with van der Waals surface area (Å²) in [4.78, 5) is 11.1. The molecule has 1 N–H and O–H groups in total. The third-order valence-electron chi connectivity index (χ3n) is 6.56. The van der Waals surface area contributed by atoms with Crippen molar-refractivity contribution >= 4 is 11.4 Å². The topological polar surface area (TPSA) is 55.2 Å². The molecule has 5 rings (SSSR count). The van der Waals surface area contributed by atoms with Gasteiger partial charge in [-0.25, -0.2) is 0 Å². The zero-order valence-corrected chi connectivity index (χ0v) is 16.6. The maximum atomic E-state index is 11.4. The van der Waals surface area contributed by atoms with Crippen LogP contribution in [0.5, 0.6) is 0 Å². The highest BCUT2D eigenvalue weighted by Crippen LogP contribution is 2.54. The van der Waals surface area contributed by atoms with Crippen molar-refractivity contribution < 1.29 is 4.92 Å². The van der Waals surface area contributed by atoms with Crippen LogP contribution in [-0.2, 0) is 6.42 Å². The van der Waals surface area contributed by atoms with Crippen LogP contribution in [0.15, 0.2) is 66.7 Å². The van der Waals surface area contributed by atoms with E-state index in [1.807, 2.05) is 6.07 Å². The Labute approximate surface area is 170 Å². The smallest absolute Gasteiger partial charge is 0.269 e. The summed E-state index contributed by atoms with van der Waals surface area (Å²) in [5, 5.41) is 15.1. The molecule has 0 bridgehead atoms. The molecule has 0 fully saturated rings. The van der Waals surface area contributed by atoms with Gasteiger partial charge in [-0.2, -0.15) is 0 Å². The number of non-ortho nitro benzene ring substituents is 1. The Morgan fingerprint density at radius 3 is 2.48 bits per heavy atom. The van der Waals surface area contributed by atoms with Crippen molar-refractivity contribution in [1.29, 1.82) is 0 Å². The summed E-state index contributed by atoms with van der Waals surface area (Å²) in [6.45, 7) is 4.42. The molecule has 146 valence electrons. The second-order valence-electron chi connectivity index (χ2n) is 8.52. The molecule has 0 radical (unpaired) electrons. The van der Waals surface area contributed by atoms with Crippen molar-refractivity contribution in [2.75, 3.05) is 5.32 Å². The van der Waals surface area contributed by atoms with Crippen LogP contribution in [0.2, 0.25) is 0 Å². The minimum Gasteiger partial charge on any atom is -0.378 e. The van der Waals surface area contributed by atoms with E-state index < -0.39 is 0 Å². The Hall–Kier alpha value is -3.14. The normalized spacial score (nSPS) is 21.8. The molecule has 4 nitrogen and oxygen atoms in total. The highest BCUT2D eigenvalue weighted by molar-refractivity contribution is 5.65. The second-order valence-corrected chi connectivity index (χ2v) is 8.52. The van der Waals surface area contributed by atoms with Gasteiger partial charge in [-0.1, -0.05) is 62.4 Å². The van der Waals surface area contributed by atoms with E-state index in [1.54, 1.807) is 12.1 Å². The summed E-state index contributed by atoms with van der Waals surface area (Å²) in [6, 6.07) is 22.9. The number of hydrogen-bond donors (Lipinski definition) is 1. The average molecular weight is 384 g/mol. The molecule has 0 spiro atoms. The Bertz CT molecular complexity index is 1090. The highest BCUT2D eigenvalue weighted by atomic mass is 16.6. The number of nitrogens with one attached hydrogen (secondary N) is 1. The fourth-order valence-electron chi connectivity index (χ4n) is 5.08. The quantitative estimate of drug-likeness (QED) is 0.433. The molecule has 4 heteroatoms. The van der Waals surface area contributed by atoms with Gasteiger partial charge >= 0.3 is 0 Å². The zero-order chi connectivity index (χ0) is 20.1. The summed E-state index contributed by atoms with van der Waals surface area (Å²) in [6.07, 6.45) is 0.979. The Morgan fingerprint density at radius 2 is 1.76 bits per heavy atom. The van der Waals surface area contributed by atoms with Gasteiger partial charge in [0.1, 0.15) is 0 Å². The van der Waals surface area contributed by atoms with Gasteiger partial charge in [0, 0.05) is 23.7 Å². The maximum Gasteiger partial charge on any atom is 0.269 e. The van der Waals surface area contributed by atoms with E-state index >= 15 is 0 Å². The van der Waals surface area contributed by atoms with Gasteiger partial charge < -0.3 is 5.32 Å². The third-order valence-corrected chi connectivity index (χ3v) is 6.56. The van der Waals surface area contributed by atoms with Crippen LogP contribution in [0.1, 0.15) is 59.5 Å². The van der Waals surface area contributed by atoms with Gasteiger partial charge in [-0.05, 0) is 52.1 Å². The number of anilines is 1. The summed E-state index contributed by atoms with van der Waals surface area (Å²) in [7, 11) is 0. The molecule has 3 aromatic carbocycles. The van der Waals surface area contributed by atoms with E-state index in [0.717, 1.165) is 17.7 Å². The number of nitro groups is 1. The Morgan fingerprint density at radius 1 is 1.00 bits per heavy atom. The van der Waals surface area contributed by atoms with Gasteiger partial charge in [0.05, 0.1) is 11.0 Å². The standard InChI is InChI=1S/C25H24N2O2/c1-15(2)16-7-9-17(10-8-16)25-22-13-18-5-3-4-6-20(18)24(22)21-14-19(27(28)29)11-12-23(21)26-25/h3-12,14-15,22,24-26H,13H2,1-2H3/t22-,24-,25-/m0/s1. The van der Waals surface area contributed by atoms with Gasteiger partial charge in [-0.3, -0.25) is 10.1 Å². The zero-order valence-electron chi connectivity index (χ0n) is 16.6. The van der Waals surface area contributed by atoms with E-state index in [1.165, 1.54) is 22.3 Å². The minimum atomic E-state index is -0.299. The lowest BCUT2D eigenvalue weighted by atomic mass is 9.75. The van der Waals surface area contributed by atoms with E-state index in [9.17, 15) is 10.1 Å². The molecule has 1 aliphatic carbocycles. The molecular weight excluding hydrogens is 360 g/mol. The number of hydrogen-bond acceptors (Lipinski definition) is 3. The molecule has 2 aliphatic rings. The fraction of sp³-hybridized carbons (Fsp3) is 0.280. The monoisotopic (exact) mass is 384 g/mol. The lowest BCUT2D eigenvalue weighted by Crippen LogP contribution is -2.30. The van der Waals surface area contributed by atoms with E-state index in [-0.39, 0.29) is 22.6 Å². The molecule has 3 atom stereocenters. The van der Waals surface area contributed by atoms with E-state index in [2.05, 4.69) is 67.7 Å². The van der Waals surface area contributed by atoms with Crippen LogP contribution in [-0.4, -0.2) is 4.92 Å². The van der Waals surface area contributed by atoms with Crippen molar-refractivity contribution in [2.45, 2.75) is 38.1 Å². The molecule has 0 amide bonds. The van der Waals surface area contributed by atoms with Crippen LogP contribution < -0.4 is 5.32 Å². The van der Waals surface area contributed by atoms with Crippen LogP contribution in [0.3, 0.4) is 0 Å². The lowest BCUT2D eigenvalue weighted by Gasteiger charge is -2.38. The minimum absolute atomic E-state index is 0.161. The molecule has 0 saturated carbocycles. The Balaban J connectivity index is 1.63. The van der Waals surface area contributed by atoms with Crippen molar-refractivity contribution in [1.82, 2.24) is 0 Å². The Kier molecular flexibility index (Phi) is 4.16. The van der Waals surface area contributed by atoms with Gasteiger partial charge in [0.2, 0.25) is 0 Å². The molecule has 0 saturated heterocycles. The maximum absolute atomic E-state index is 11.4. The summed E-state index contributed by atoms with van der Waals surface area (Å²) in [5.41, 5.74) is 7.49. The molecule has 0 aromatic heterocycles. The largest absolute Gasteiger partial charge is 0.378 e. The van der Waals surface area contributed by atoms with Crippen molar-refractivity contribution in [3.05, 3.63) is 105 Å². The molecular formula is C25H24N2O2. The average Bonchev–Trinajstić information content (AvgIpc) is 3.12. The molecule has 1 heterocycles. The van der Waals surface area contributed by atoms with E-state index in [4.69, 9.17) is 0 Å². The predicted octanol–water partition coefficient (Wildman–Crippen LogP) is 6.19. The molecule has 1 aliphatic heterocycles. The lowest BCUT2D eigenvalue weighted by molar-refractivity contribution is -0.384. The van der Waals surface area contributed by atoms with Gasteiger partial charge in [0.15, 0.2) is 0 Å². The first-order chi connectivity index (χ1) is 14.0. The highest BCUT2D eigenvalue weighted by Gasteiger charge is 2.43. The third kappa shape index (κ3) is 2.91. The second kappa shape index (κ2) is 6.73. The number of fused-ring (bicyclic) bond motifs is 5. The van der Waals surface area contributed by atoms with Crippen LogP contribution >= 0.6 is 0 Å². The predicted molar refractivity (Wildman–Crippen MR) is 115 cm³/mol. The SMILES string of the molecule is CC(C)c1ccc([C@@H]2Nc3ccc([N+](=O)[O-])cc3[C@@H]3c4ccccc4C[C@@H]32)cc1. The van der Waals surface area contributed by atoms with Crippen molar-refractivity contribution in [3.8, 4) is 0 Å². The summed E-state index contributed by atoms with van der Waals surface area (Å²) in [5.74, 6) is 1.03. The van der Waals surface area contributed by atoms with Crippen molar-refractivity contribution in [3.63, 3.8) is 0 Å². The van der Waals surface area contributed by atoms with Crippen LogP contribution in [0, 0.1) is 16.0 Å². The molecule has 0 unspecified atom stereocenters. The number of benzene rings is 3. The number of rotatable bonds is 3. The molecule has 29 heavy (non-hydrogen) atoms. The fourth-order valence-corrected chi connectivity index (χ4v) is 5.08. The van der Waals surface area contributed by atoms with Gasteiger partial charge in [0.25, 0.3) is 5.69 Å². The van der Waals surface area contributed by atoms with Crippen LogP contribution in [0.4, 0.5) is 11.4 Å². The van der Waals surface area contributed by atoms with Gasteiger partial charge in [-0.15, -0.1) is 0 Å². The molecule has 3 aromatic rings. The van der Waals surface area contributed by atoms with Crippen LogP contribution in [0.25, 0.3) is 0 Å². The summed E-state index contributed by atoms with van der Waals surface area (Å²) >= 11 is 0. The first-order valence-corrected chi connectivity index (χ1v) is 10.3. The number of nitrogens with zero attached hydrogens (tertiary/aromatic N) is 1. The van der Waals surface area contributed by atoms with E-state index in [0.29, 0.717) is 11.8 Å². The van der Waals surface area contributed by atoms with Crippen molar-refractivity contribution in [2.24, 2.45) is 5.92 Å². The summed E-state index contributed by atoms with van der Waals surface area (Å²) < 4.78 is 0. The number of nitro benzene ring substituents is 1. The first-order valence-electron chi connectivity index (χ1n) is 10.3. The first kappa shape index (κ1) is 17.9.